The standard InChI is InChI=1S/C14H18FN3O2/c15-13-9-12(10-19)1-2-14(13)18-7-5-17(6-8-18)4-3-16-11-20/h1-2,9-11H,3-8H2,(H,16,20). The molecule has 1 aliphatic rings. The van der Waals surface area contributed by atoms with Crippen LogP contribution < -0.4 is 10.2 Å². The smallest absolute Gasteiger partial charge is 0.207 e. The van der Waals surface area contributed by atoms with Crippen molar-refractivity contribution < 1.29 is 14.0 Å². The van der Waals surface area contributed by atoms with Crippen LogP contribution in [0.5, 0.6) is 0 Å². The van der Waals surface area contributed by atoms with Crippen LogP contribution in [0.3, 0.4) is 0 Å². The first-order valence-corrected chi connectivity index (χ1v) is 6.63. The summed E-state index contributed by atoms with van der Waals surface area (Å²) in [6.45, 7) is 4.56. The van der Waals surface area contributed by atoms with Crippen LogP contribution in [0, 0.1) is 5.82 Å². The second-order valence-electron chi connectivity index (χ2n) is 4.73. The summed E-state index contributed by atoms with van der Waals surface area (Å²) in [5.74, 6) is -0.356. The Morgan fingerprint density at radius 2 is 1.95 bits per heavy atom. The summed E-state index contributed by atoms with van der Waals surface area (Å²) in [6, 6.07) is 4.55. The van der Waals surface area contributed by atoms with E-state index in [9.17, 15) is 14.0 Å². The van der Waals surface area contributed by atoms with E-state index in [1.165, 1.54) is 6.07 Å². The van der Waals surface area contributed by atoms with Crippen molar-refractivity contribution in [3.63, 3.8) is 0 Å². The summed E-state index contributed by atoms with van der Waals surface area (Å²) in [7, 11) is 0. The number of benzene rings is 1. The molecule has 0 bridgehead atoms. The number of carbonyl (C=O) groups excluding carboxylic acids is 2. The highest BCUT2D eigenvalue weighted by atomic mass is 19.1. The summed E-state index contributed by atoms with van der Waals surface area (Å²) in [5, 5.41) is 2.63. The first-order valence-electron chi connectivity index (χ1n) is 6.63. The number of aldehydes is 1. The molecule has 0 saturated carbocycles. The lowest BCUT2D eigenvalue weighted by atomic mass is 10.2. The van der Waals surface area contributed by atoms with Crippen LogP contribution >= 0.6 is 0 Å². The third kappa shape index (κ3) is 3.54. The van der Waals surface area contributed by atoms with E-state index in [1.54, 1.807) is 12.1 Å². The zero-order valence-electron chi connectivity index (χ0n) is 11.2. The Balaban J connectivity index is 1.90. The van der Waals surface area contributed by atoms with Crippen molar-refractivity contribution in [3.8, 4) is 0 Å². The molecule has 1 aliphatic heterocycles. The Labute approximate surface area is 117 Å². The van der Waals surface area contributed by atoms with Gasteiger partial charge in [0.2, 0.25) is 6.41 Å². The van der Waals surface area contributed by atoms with Crippen LogP contribution in [0.15, 0.2) is 18.2 Å². The number of anilines is 1. The molecule has 1 aromatic rings. The maximum Gasteiger partial charge on any atom is 0.207 e. The molecule has 0 spiro atoms. The van der Waals surface area contributed by atoms with Crippen LogP contribution in [0.25, 0.3) is 0 Å². The van der Waals surface area contributed by atoms with E-state index in [4.69, 9.17) is 0 Å². The second-order valence-corrected chi connectivity index (χ2v) is 4.73. The van der Waals surface area contributed by atoms with Gasteiger partial charge < -0.3 is 10.2 Å². The number of hydrogen-bond acceptors (Lipinski definition) is 4. The van der Waals surface area contributed by atoms with Gasteiger partial charge in [0, 0.05) is 44.8 Å². The molecule has 0 atom stereocenters. The molecule has 108 valence electrons. The number of halogens is 1. The molecule has 6 heteroatoms. The average Bonchev–Trinajstić information content (AvgIpc) is 2.48. The van der Waals surface area contributed by atoms with Gasteiger partial charge in [0.05, 0.1) is 5.69 Å². The first kappa shape index (κ1) is 14.5. The molecule has 0 radical (unpaired) electrons. The lowest BCUT2D eigenvalue weighted by Crippen LogP contribution is -2.48. The third-order valence-electron chi connectivity index (χ3n) is 3.48. The van der Waals surface area contributed by atoms with Crippen molar-refractivity contribution in [1.29, 1.82) is 0 Å². The zero-order valence-corrected chi connectivity index (χ0v) is 11.2. The van der Waals surface area contributed by atoms with E-state index in [0.29, 0.717) is 30.5 Å². The highest BCUT2D eigenvalue weighted by molar-refractivity contribution is 5.76. The van der Waals surface area contributed by atoms with Gasteiger partial charge in [-0.2, -0.15) is 0 Å². The average molecular weight is 279 g/mol. The largest absolute Gasteiger partial charge is 0.367 e. The maximum absolute atomic E-state index is 13.9. The molecule has 1 heterocycles. The summed E-state index contributed by atoms with van der Waals surface area (Å²) in [5.41, 5.74) is 0.895. The van der Waals surface area contributed by atoms with Gasteiger partial charge in [-0.15, -0.1) is 0 Å². The minimum absolute atomic E-state index is 0.352. The van der Waals surface area contributed by atoms with Gasteiger partial charge in [-0.25, -0.2) is 4.39 Å². The first-order chi connectivity index (χ1) is 9.74. The van der Waals surface area contributed by atoms with Crippen molar-refractivity contribution in [2.75, 3.05) is 44.2 Å². The lowest BCUT2D eigenvalue weighted by Gasteiger charge is -2.36. The Morgan fingerprint density at radius 1 is 1.20 bits per heavy atom. The van der Waals surface area contributed by atoms with Gasteiger partial charge in [0.25, 0.3) is 0 Å². The summed E-state index contributed by atoms with van der Waals surface area (Å²) < 4.78 is 13.9. The molecule has 5 nitrogen and oxygen atoms in total. The number of hydrogen-bond donors (Lipinski definition) is 1. The Hall–Kier alpha value is -1.95. The lowest BCUT2D eigenvalue weighted by molar-refractivity contribution is -0.109. The summed E-state index contributed by atoms with van der Waals surface area (Å²) in [4.78, 5) is 25.0. The normalized spacial score (nSPS) is 15.9. The fourth-order valence-electron chi connectivity index (χ4n) is 2.35. The van der Waals surface area contributed by atoms with E-state index in [-0.39, 0.29) is 5.82 Å². The molecule has 0 aromatic heterocycles. The third-order valence-corrected chi connectivity index (χ3v) is 3.48. The topological polar surface area (TPSA) is 52.7 Å². The minimum Gasteiger partial charge on any atom is -0.367 e. The predicted octanol–water partition coefficient (Wildman–Crippen LogP) is 0.506. The zero-order chi connectivity index (χ0) is 14.4. The van der Waals surface area contributed by atoms with Gasteiger partial charge in [0.1, 0.15) is 12.1 Å². The molecule has 1 fully saturated rings. The van der Waals surface area contributed by atoms with Crippen LogP contribution in [-0.2, 0) is 4.79 Å². The highest BCUT2D eigenvalue weighted by Crippen LogP contribution is 2.21. The van der Waals surface area contributed by atoms with Gasteiger partial charge in [-0.05, 0) is 18.2 Å². The van der Waals surface area contributed by atoms with Crippen LogP contribution in [0.1, 0.15) is 10.4 Å². The van der Waals surface area contributed by atoms with Gasteiger partial charge in [-0.3, -0.25) is 14.5 Å². The van der Waals surface area contributed by atoms with E-state index >= 15 is 0 Å². The van der Waals surface area contributed by atoms with E-state index in [2.05, 4.69) is 10.2 Å². The molecule has 0 unspecified atom stereocenters. The molecule has 1 saturated heterocycles. The second kappa shape index (κ2) is 7.00. The molecule has 1 amide bonds. The van der Waals surface area contributed by atoms with Gasteiger partial charge in [-0.1, -0.05) is 0 Å². The number of amides is 1. The molecule has 2 rings (SSSR count). The number of piperazine rings is 1. The van der Waals surface area contributed by atoms with Crippen molar-refractivity contribution in [2.45, 2.75) is 0 Å². The molecular weight excluding hydrogens is 261 g/mol. The summed E-state index contributed by atoms with van der Waals surface area (Å²) >= 11 is 0. The van der Waals surface area contributed by atoms with Gasteiger partial charge >= 0.3 is 0 Å². The van der Waals surface area contributed by atoms with Crippen LogP contribution in [0.4, 0.5) is 10.1 Å². The quantitative estimate of drug-likeness (QED) is 0.609. The van der Waals surface area contributed by atoms with Crippen LogP contribution in [0.2, 0.25) is 0 Å². The van der Waals surface area contributed by atoms with Crippen molar-refractivity contribution in [3.05, 3.63) is 29.6 Å². The van der Waals surface area contributed by atoms with E-state index in [0.717, 1.165) is 32.7 Å². The number of carbonyl (C=O) groups is 2. The number of rotatable bonds is 6. The highest BCUT2D eigenvalue weighted by Gasteiger charge is 2.19. The Kier molecular flexibility index (Phi) is 5.06. The minimum atomic E-state index is -0.356. The molecule has 1 N–H and O–H groups in total. The number of nitrogens with one attached hydrogen (secondary N) is 1. The monoisotopic (exact) mass is 279 g/mol. The maximum atomic E-state index is 13.9. The summed E-state index contributed by atoms with van der Waals surface area (Å²) in [6.07, 6.45) is 1.34. The van der Waals surface area contributed by atoms with Crippen molar-refractivity contribution >= 4 is 18.4 Å². The fourth-order valence-corrected chi connectivity index (χ4v) is 2.35. The van der Waals surface area contributed by atoms with Crippen molar-refractivity contribution in [1.82, 2.24) is 10.2 Å². The van der Waals surface area contributed by atoms with Gasteiger partial charge in [0.15, 0.2) is 0 Å². The molecule has 20 heavy (non-hydrogen) atoms. The molecule has 0 aliphatic carbocycles. The SMILES string of the molecule is O=CNCCN1CCN(c2ccc(C=O)cc2F)CC1. The van der Waals surface area contributed by atoms with E-state index in [1.807, 2.05) is 4.90 Å². The van der Waals surface area contributed by atoms with E-state index < -0.39 is 0 Å². The Morgan fingerprint density at radius 3 is 2.55 bits per heavy atom. The Bertz CT molecular complexity index is 473. The van der Waals surface area contributed by atoms with Crippen molar-refractivity contribution in [2.24, 2.45) is 0 Å². The molecular formula is C14H18FN3O2. The molecule has 1 aromatic carbocycles. The van der Waals surface area contributed by atoms with Crippen LogP contribution in [-0.4, -0.2) is 56.9 Å². The predicted molar refractivity (Wildman–Crippen MR) is 74.5 cm³/mol. The fraction of sp³-hybridized carbons (Fsp3) is 0.429. The number of nitrogens with zero attached hydrogens (tertiary/aromatic N) is 2.